The van der Waals surface area contributed by atoms with Crippen molar-refractivity contribution in [1.29, 1.82) is 0 Å². The number of carbonyl (C=O) groups excluding carboxylic acids is 1. The van der Waals surface area contributed by atoms with Gasteiger partial charge in [-0.25, -0.2) is 4.98 Å². The van der Waals surface area contributed by atoms with Crippen LogP contribution in [0.2, 0.25) is 0 Å². The molecule has 1 aliphatic rings. The van der Waals surface area contributed by atoms with Crippen LogP contribution in [0.5, 0.6) is 0 Å². The van der Waals surface area contributed by atoms with E-state index >= 15 is 0 Å². The highest BCUT2D eigenvalue weighted by atomic mass is 16.2. The Bertz CT molecular complexity index is 697. The van der Waals surface area contributed by atoms with Gasteiger partial charge in [-0.1, -0.05) is 50.2 Å². The fourth-order valence-electron chi connectivity index (χ4n) is 3.73. The zero-order chi connectivity index (χ0) is 19.1. The molecule has 0 saturated carbocycles. The Labute approximate surface area is 162 Å². The number of amides is 1. The normalized spacial score (nSPS) is 16.3. The summed E-state index contributed by atoms with van der Waals surface area (Å²) in [6.45, 7) is 8.86. The molecule has 1 fully saturated rings. The third-order valence-electron chi connectivity index (χ3n) is 5.16. The van der Waals surface area contributed by atoms with Gasteiger partial charge in [-0.05, 0) is 24.0 Å². The van der Waals surface area contributed by atoms with E-state index in [0.717, 1.165) is 38.4 Å². The first kappa shape index (κ1) is 19.4. The lowest BCUT2D eigenvalue weighted by atomic mass is 9.97. The first-order valence-corrected chi connectivity index (χ1v) is 10.0. The maximum absolute atomic E-state index is 12.7. The molecule has 1 saturated heterocycles. The largest absolute Gasteiger partial charge is 0.344 e. The summed E-state index contributed by atoms with van der Waals surface area (Å²) in [6.07, 6.45) is 2.92. The van der Waals surface area contributed by atoms with E-state index in [1.807, 2.05) is 30.5 Å². The van der Waals surface area contributed by atoms with Crippen LogP contribution in [0.15, 0.2) is 54.7 Å². The van der Waals surface area contributed by atoms with Crippen LogP contribution in [-0.4, -0.2) is 38.6 Å². The van der Waals surface area contributed by atoms with Gasteiger partial charge in [-0.3, -0.25) is 9.69 Å². The highest BCUT2D eigenvalue weighted by molar-refractivity contribution is 5.77. The zero-order valence-corrected chi connectivity index (χ0v) is 16.4. The van der Waals surface area contributed by atoms with Gasteiger partial charge in [0, 0.05) is 6.07 Å². The lowest BCUT2D eigenvalue weighted by Crippen LogP contribution is -3.16. The average molecular weight is 369 g/mol. The van der Waals surface area contributed by atoms with Crippen LogP contribution in [0, 0.1) is 5.92 Å². The lowest BCUT2D eigenvalue weighted by molar-refractivity contribution is -0.892. The molecule has 3 rings (SSSR count). The number of aromatic nitrogens is 1. The van der Waals surface area contributed by atoms with E-state index in [2.05, 4.69) is 53.3 Å². The number of anilines is 1. The van der Waals surface area contributed by atoms with Crippen LogP contribution in [0.25, 0.3) is 0 Å². The van der Waals surface area contributed by atoms with Gasteiger partial charge in [0.25, 0.3) is 11.7 Å². The summed E-state index contributed by atoms with van der Waals surface area (Å²) < 4.78 is 0. The van der Waals surface area contributed by atoms with Crippen molar-refractivity contribution in [3.63, 3.8) is 0 Å². The summed E-state index contributed by atoms with van der Waals surface area (Å²) in [6, 6.07) is 16.6. The molecular formula is C22H32N4O+2. The molecule has 0 aliphatic carbocycles. The maximum atomic E-state index is 12.7. The molecule has 144 valence electrons. The van der Waals surface area contributed by atoms with Gasteiger partial charge in [0.2, 0.25) is 0 Å². The van der Waals surface area contributed by atoms with E-state index in [9.17, 15) is 4.79 Å². The molecule has 27 heavy (non-hydrogen) atoms. The number of pyridine rings is 1. The van der Waals surface area contributed by atoms with E-state index in [1.165, 1.54) is 10.5 Å². The van der Waals surface area contributed by atoms with Crippen LogP contribution in [0.3, 0.4) is 0 Å². The monoisotopic (exact) mass is 368 g/mol. The second kappa shape index (κ2) is 9.51. The van der Waals surface area contributed by atoms with Crippen molar-refractivity contribution >= 4 is 11.7 Å². The van der Waals surface area contributed by atoms with Gasteiger partial charge in [0.1, 0.15) is 26.2 Å². The van der Waals surface area contributed by atoms with Crippen LogP contribution in [0.4, 0.5) is 5.82 Å². The minimum absolute atomic E-state index is 0.0957. The number of quaternary nitrogens is 1. The molecule has 1 atom stereocenters. The first-order chi connectivity index (χ1) is 13.1. The Balaban J connectivity index is 1.51. The zero-order valence-electron chi connectivity index (χ0n) is 16.4. The van der Waals surface area contributed by atoms with Crippen LogP contribution in [-0.2, 0) is 4.79 Å². The van der Waals surface area contributed by atoms with E-state index in [0.29, 0.717) is 12.5 Å². The molecule has 1 aromatic carbocycles. The number of nitrogens with one attached hydrogen (secondary N) is 3. The first-order valence-electron chi connectivity index (χ1n) is 10.0. The summed E-state index contributed by atoms with van der Waals surface area (Å²) in [4.78, 5) is 19.7. The third-order valence-corrected chi connectivity index (χ3v) is 5.16. The van der Waals surface area contributed by atoms with E-state index in [1.54, 1.807) is 0 Å². The Kier molecular flexibility index (Phi) is 6.82. The number of hydrogen-bond acceptors (Lipinski definition) is 2. The molecule has 3 N–H and O–H groups in total. The Morgan fingerprint density at radius 3 is 2.44 bits per heavy atom. The van der Waals surface area contributed by atoms with Gasteiger partial charge in [0.15, 0.2) is 6.54 Å². The molecular weight excluding hydrogens is 336 g/mol. The molecule has 1 amide bonds. The van der Waals surface area contributed by atoms with Crippen LogP contribution < -0.4 is 20.1 Å². The van der Waals surface area contributed by atoms with E-state index < -0.39 is 0 Å². The fraction of sp³-hybridized carbons (Fsp3) is 0.455. The van der Waals surface area contributed by atoms with Gasteiger partial charge in [0.05, 0.1) is 12.2 Å². The summed E-state index contributed by atoms with van der Waals surface area (Å²) in [5.41, 5.74) is 1.19. The minimum Gasteiger partial charge on any atom is -0.344 e. The van der Waals surface area contributed by atoms with Crippen molar-refractivity contribution in [2.75, 3.05) is 37.6 Å². The second-order valence-electron chi connectivity index (χ2n) is 7.82. The highest BCUT2D eigenvalue weighted by Gasteiger charge is 2.28. The molecule has 0 bridgehead atoms. The Morgan fingerprint density at radius 2 is 1.81 bits per heavy atom. The average Bonchev–Trinajstić information content (AvgIpc) is 2.69. The Hall–Kier alpha value is -2.40. The smallest absolute Gasteiger partial charge is 0.275 e. The number of nitrogens with zero attached hydrogens (tertiary/aromatic N) is 1. The molecule has 5 heteroatoms. The van der Waals surface area contributed by atoms with Crippen molar-refractivity contribution in [2.45, 2.75) is 26.3 Å². The van der Waals surface area contributed by atoms with Gasteiger partial charge < -0.3 is 10.2 Å². The minimum atomic E-state index is 0.0957. The van der Waals surface area contributed by atoms with E-state index in [4.69, 9.17) is 0 Å². The maximum Gasteiger partial charge on any atom is 0.275 e. The summed E-state index contributed by atoms with van der Waals surface area (Å²) in [7, 11) is 0. The molecule has 2 heterocycles. The van der Waals surface area contributed by atoms with Gasteiger partial charge in [-0.15, -0.1) is 0 Å². The van der Waals surface area contributed by atoms with Gasteiger partial charge >= 0.3 is 0 Å². The number of H-pyrrole nitrogens is 1. The number of aromatic amines is 1. The third kappa shape index (κ3) is 5.79. The fourth-order valence-corrected chi connectivity index (χ4v) is 3.73. The highest BCUT2D eigenvalue weighted by Crippen LogP contribution is 2.20. The number of benzene rings is 1. The summed E-state index contributed by atoms with van der Waals surface area (Å²) in [5.74, 6) is 1.84. The Morgan fingerprint density at radius 1 is 1.11 bits per heavy atom. The molecule has 0 radical (unpaired) electrons. The number of carbonyl (C=O) groups is 1. The van der Waals surface area contributed by atoms with Crippen molar-refractivity contribution < 1.29 is 14.7 Å². The number of rotatable bonds is 7. The lowest BCUT2D eigenvalue weighted by Gasteiger charge is -2.28. The SMILES string of the molecule is CC(C)C[C@H](NC(=O)C[NH+]1CCN(c2cccc[nH+]2)CC1)c1ccccc1. The topological polar surface area (TPSA) is 50.9 Å². The standard InChI is InChI=1S/C22H30N4O/c1-18(2)16-20(19-8-4-3-5-9-19)24-22(27)17-25-12-14-26(15-13-25)21-10-6-7-11-23-21/h3-11,18,20H,12-17H2,1-2H3,(H,24,27)/p+2/t20-/m0/s1. The number of piperazine rings is 1. The summed E-state index contributed by atoms with van der Waals surface area (Å²) in [5, 5.41) is 3.28. The molecule has 2 aromatic rings. The number of hydrogen-bond donors (Lipinski definition) is 2. The van der Waals surface area contributed by atoms with E-state index in [-0.39, 0.29) is 11.9 Å². The van der Waals surface area contributed by atoms with Crippen molar-refractivity contribution in [3.05, 3.63) is 60.3 Å². The molecule has 0 spiro atoms. The van der Waals surface area contributed by atoms with Crippen molar-refractivity contribution in [1.82, 2.24) is 5.32 Å². The summed E-state index contributed by atoms with van der Waals surface area (Å²) >= 11 is 0. The van der Waals surface area contributed by atoms with Crippen LogP contribution in [0.1, 0.15) is 31.9 Å². The molecule has 5 nitrogen and oxygen atoms in total. The van der Waals surface area contributed by atoms with Gasteiger partial charge in [-0.2, -0.15) is 0 Å². The molecule has 0 unspecified atom stereocenters. The van der Waals surface area contributed by atoms with Crippen molar-refractivity contribution in [3.8, 4) is 0 Å². The van der Waals surface area contributed by atoms with Crippen molar-refractivity contribution in [2.24, 2.45) is 5.92 Å². The van der Waals surface area contributed by atoms with Crippen LogP contribution >= 0.6 is 0 Å². The quantitative estimate of drug-likeness (QED) is 0.769. The molecule has 1 aliphatic heterocycles. The second-order valence-corrected chi connectivity index (χ2v) is 7.82. The molecule has 1 aromatic heterocycles. The predicted octanol–water partition coefficient (Wildman–Crippen LogP) is 1.11. The predicted molar refractivity (Wildman–Crippen MR) is 108 cm³/mol.